The summed E-state index contributed by atoms with van der Waals surface area (Å²) in [5.41, 5.74) is 1.21. The average Bonchev–Trinajstić information content (AvgIpc) is 2.81. The minimum absolute atomic E-state index is 0.327. The van der Waals surface area contributed by atoms with E-state index in [1.54, 1.807) is 14.2 Å². The first-order chi connectivity index (χ1) is 10.1. The monoisotopic (exact) mass is 298 g/mol. The van der Waals surface area contributed by atoms with Crippen LogP contribution in [-0.4, -0.2) is 51.5 Å². The van der Waals surface area contributed by atoms with Gasteiger partial charge in [-0.2, -0.15) is 0 Å². The number of aryl methyl sites for hydroxylation is 1. The van der Waals surface area contributed by atoms with E-state index in [1.165, 1.54) is 5.56 Å². The molecule has 0 bridgehead atoms. The van der Waals surface area contributed by atoms with E-state index in [2.05, 4.69) is 37.1 Å². The van der Waals surface area contributed by atoms with E-state index in [-0.39, 0.29) is 0 Å². The Morgan fingerprint density at radius 1 is 1.33 bits per heavy atom. The Kier molecular flexibility index (Phi) is 8.61. The van der Waals surface area contributed by atoms with Crippen LogP contribution in [0.4, 0.5) is 0 Å². The average molecular weight is 298 g/mol. The van der Waals surface area contributed by atoms with E-state index in [1.807, 2.05) is 0 Å². The fraction of sp³-hybridized carbons (Fsp3) is 0.750. The van der Waals surface area contributed by atoms with Gasteiger partial charge in [0, 0.05) is 26.8 Å². The van der Waals surface area contributed by atoms with Gasteiger partial charge in [0.2, 0.25) is 0 Å². The fourth-order valence-corrected chi connectivity index (χ4v) is 2.29. The number of furan rings is 1. The Morgan fingerprint density at radius 3 is 2.71 bits per heavy atom. The summed E-state index contributed by atoms with van der Waals surface area (Å²) >= 11 is 0. The molecule has 1 atom stereocenters. The van der Waals surface area contributed by atoms with Crippen LogP contribution in [0.2, 0.25) is 0 Å². The zero-order chi connectivity index (χ0) is 15.7. The topological polar surface area (TPSA) is 46.9 Å². The number of nitrogens with zero attached hydrogens (tertiary/aromatic N) is 1. The van der Waals surface area contributed by atoms with Gasteiger partial charge >= 0.3 is 0 Å². The van der Waals surface area contributed by atoms with Crippen molar-refractivity contribution in [2.45, 2.75) is 39.9 Å². The maximum Gasteiger partial charge on any atom is 0.120 e. The zero-order valence-corrected chi connectivity index (χ0v) is 14.1. The van der Waals surface area contributed by atoms with E-state index >= 15 is 0 Å². The van der Waals surface area contributed by atoms with Crippen molar-refractivity contribution in [3.8, 4) is 0 Å². The Balaban J connectivity index is 2.68. The predicted molar refractivity (Wildman–Crippen MR) is 84.4 cm³/mol. The summed E-state index contributed by atoms with van der Waals surface area (Å²) in [7, 11) is 3.46. The minimum atomic E-state index is 0.327. The van der Waals surface area contributed by atoms with Gasteiger partial charge in [-0.25, -0.2) is 0 Å². The van der Waals surface area contributed by atoms with Crippen LogP contribution in [0, 0.1) is 6.92 Å². The van der Waals surface area contributed by atoms with Crippen molar-refractivity contribution < 1.29 is 13.9 Å². The first-order valence-corrected chi connectivity index (χ1v) is 7.63. The van der Waals surface area contributed by atoms with Crippen LogP contribution in [0.1, 0.15) is 30.9 Å². The highest BCUT2D eigenvalue weighted by Crippen LogP contribution is 2.17. The quantitative estimate of drug-likeness (QED) is 0.678. The molecule has 1 unspecified atom stereocenters. The van der Waals surface area contributed by atoms with Gasteiger partial charge in [0.15, 0.2) is 0 Å². The molecule has 0 aliphatic heterocycles. The lowest BCUT2D eigenvalue weighted by atomic mass is 10.2. The number of hydrogen-bond acceptors (Lipinski definition) is 5. The standard InChI is InChI=1S/C16H30N2O3/c1-6-17-10-16-13(2)9-15(21-16)11-18(7-8-19-4)14(3)12-20-5/h9,14,17H,6-8,10-12H2,1-5H3. The van der Waals surface area contributed by atoms with Crippen molar-refractivity contribution in [2.24, 2.45) is 0 Å². The fourth-order valence-electron chi connectivity index (χ4n) is 2.29. The van der Waals surface area contributed by atoms with Gasteiger partial charge < -0.3 is 19.2 Å². The molecule has 0 aromatic carbocycles. The molecule has 1 aromatic heterocycles. The molecule has 1 heterocycles. The molecule has 0 amide bonds. The molecule has 122 valence electrons. The molecule has 21 heavy (non-hydrogen) atoms. The lowest BCUT2D eigenvalue weighted by molar-refractivity contribution is 0.0661. The molecule has 1 N–H and O–H groups in total. The molecule has 5 heteroatoms. The maximum absolute atomic E-state index is 5.97. The van der Waals surface area contributed by atoms with E-state index in [4.69, 9.17) is 13.9 Å². The second-order valence-corrected chi connectivity index (χ2v) is 5.37. The SMILES string of the molecule is CCNCc1oc(CN(CCOC)C(C)COC)cc1C. The maximum atomic E-state index is 5.97. The van der Waals surface area contributed by atoms with Crippen molar-refractivity contribution in [3.63, 3.8) is 0 Å². The third-order valence-corrected chi connectivity index (χ3v) is 3.58. The van der Waals surface area contributed by atoms with Gasteiger partial charge in [-0.15, -0.1) is 0 Å². The Bertz CT molecular complexity index is 393. The molecule has 0 spiro atoms. The molecule has 0 radical (unpaired) electrons. The van der Waals surface area contributed by atoms with Crippen LogP contribution in [0.15, 0.2) is 10.5 Å². The number of nitrogens with one attached hydrogen (secondary N) is 1. The summed E-state index contributed by atoms with van der Waals surface area (Å²) in [5.74, 6) is 2.03. The van der Waals surface area contributed by atoms with Crippen molar-refractivity contribution in [3.05, 3.63) is 23.2 Å². The van der Waals surface area contributed by atoms with Crippen LogP contribution < -0.4 is 5.32 Å². The van der Waals surface area contributed by atoms with Crippen LogP contribution >= 0.6 is 0 Å². The zero-order valence-electron chi connectivity index (χ0n) is 14.1. The molecule has 0 aliphatic carbocycles. The third-order valence-electron chi connectivity index (χ3n) is 3.58. The van der Waals surface area contributed by atoms with Crippen LogP contribution in [0.25, 0.3) is 0 Å². The number of methoxy groups -OCH3 is 2. The lowest BCUT2D eigenvalue weighted by Crippen LogP contribution is -2.37. The normalized spacial score (nSPS) is 13.0. The van der Waals surface area contributed by atoms with E-state index in [0.29, 0.717) is 19.3 Å². The Hall–Kier alpha value is -0.880. The van der Waals surface area contributed by atoms with Gasteiger partial charge in [-0.05, 0) is 32.0 Å². The van der Waals surface area contributed by atoms with Gasteiger partial charge in [0.25, 0.3) is 0 Å². The molecule has 0 aliphatic rings. The van der Waals surface area contributed by atoms with Gasteiger partial charge in [0.05, 0.1) is 26.3 Å². The molecule has 0 saturated carbocycles. The van der Waals surface area contributed by atoms with Gasteiger partial charge in [-0.3, -0.25) is 4.90 Å². The van der Waals surface area contributed by atoms with Gasteiger partial charge in [-0.1, -0.05) is 6.92 Å². The second-order valence-electron chi connectivity index (χ2n) is 5.37. The van der Waals surface area contributed by atoms with Crippen LogP contribution in [0.3, 0.4) is 0 Å². The largest absolute Gasteiger partial charge is 0.463 e. The molecule has 1 aromatic rings. The third kappa shape index (κ3) is 6.18. The van der Waals surface area contributed by atoms with Crippen LogP contribution in [-0.2, 0) is 22.6 Å². The molecule has 1 rings (SSSR count). The first-order valence-electron chi connectivity index (χ1n) is 7.63. The van der Waals surface area contributed by atoms with Crippen molar-refractivity contribution in [2.75, 3.05) is 40.5 Å². The highest BCUT2D eigenvalue weighted by Gasteiger charge is 2.17. The highest BCUT2D eigenvalue weighted by atomic mass is 16.5. The van der Waals surface area contributed by atoms with E-state index < -0.39 is 0 Å². The summed E-state index contributed by atoms with van der Waals surface area (Å²) in [4.78, 5) is 2.32. The van der Waals surface area contributed by atoms with Crippen molar-refractivity contribution in [1.82, 2.24) is 10.2 Å². The summed E-state index contributed by atoms with van der Waals surface area (Å²) in [5, 5.41) is 3.30. The highest BCUT2D eigenvalue weighted by molar-refractivity contribution is 5.20. The van der Waals surface area contributed by atoms with Crippen molar-refractivity contribution in [1.29, 1.82) is 0 Å². The van der Waals surface area contributed by atoms with E-state index in [9.17, 15) is 0 Å². The summed E-state index contributed by atoms with van der Waals surface area (Å²) in [6.07, 6.45) is 0. The second kappa shape index (κ2) is 9.95. The predicted octanol–water partition coefficient (Wildman–Crippen LogP) is 2.18. The summed E-state index contributed by atoms with van der Waals surface area (Å²) < 4.78 is 16.4. The number of rotatable bonds is 11. The molecule has 5 nitrogen and oxygen atoms in total. The summed E-state index contributed by atoms with van der Waals surface area (Å²) in [6, 6.07) is 2.46. The van der Waals surface area contributed by atoms with Crippen LogP contribution in [0.5, 0.6) is 0 Å². The molecule has 0 saturated heterocycles. The van der Waals surface area contributed by atoms with Crippen molar-refractivity contribution >= 4 is 0 Å². The Morgan fingerprint density at radius 2 is 2.10 bits per heavy atom. The molecular formula is C16H30N2O3. The lowest BCUT2D eigenvalue weighted by Gasteiger charge is -2.27. The Labute approximate surface area is 128 Å². The number of hydrogen-bond donors (Lipinski definition) is 1. The summed E-state index contributed by atoms with van der Waals surface area (Å²) in [6.45, 7) is 11.1. The number of ether oxygens (including phenoxy) is 2. The first kappa shape index (κ1) is 18.2. The minimum Gasteiger partial charge on any atom is -0.463 e. The smallest absolute Gasteiger partial charge is 0.120 e. The molecule has 0 fully saturated rings. The van der Waals surface area contributed by atoms with Gasteiger partial charge in [0.1, 0.15) is 11.5 Å². The van der Waals surface area contributed by atoms with E-state index in [0.717, 1.165) is 37.7 Å². The molecular weight excluding hydrogens is 268 g/mol.